The Hall–Kier alpha value is -1.29. The summed E-state index contributed by atoms with van der Waals surface area (Å²) in [4.78, 5) is 10.8. The average Bonchev–Trinajstić information content (AvgIpc) is 2.49. The van der Waals surface area contributed by atoms with Gasteiger partial charge >= 0.3 is 5.97 Å². The molecule has 0 spiro atoms. The number of carboxylic acid groups (broad SMARTS) is 1. The highest BCUT2D eigenvalue weighted by Crippen LogP contribution is 2.13. The lowest BCUT2D eigenvalue weighted by molar-refractivity contribution is 0.0694. The standard InChI is InChI=1S/C11H17NO3/c1-11(2,3)7-12-6-9-8(10(13)14)4-5-15-9/h4-5,12H,6-7H2,1-3H3,(H,13,14). The Morgan fingerprint density at radius 1 is 1.53 bits per heavy atom. The molecule has 0 unspecified atom stereocenters. The van der Waals surface area contributed by atoms with E-state index in [1.807, 2.05) is 0 Å². The molecule has 2 N–H and O–H groups in total. The van der Waals surface area contributed by atoms with Gasteiger partial charge in [0.15, 0.2) is 0 Å². The molecule has 0 saturated carbocycles. The molecule has 4 nitrogen and oxygen atoms in total. The van der Waals surface area contributed by atoms with Gasteiger partial charge in [-0.05, 0) is 11.5 Å². The molecule has 0 saturated heterocycles. The van der Waals surface area contributed by atoms with Gasteiger partial charge in [-0.1, -0.05) is 20.8 Å². The summed E-state index contributed by atoms with van der Waals surface area (Å²) in [6, 6.07) is 1.47. The lowest BCUT2D eigenvalue weighted by atomic mass is 9.97. The van der Waals surface area contributed by atoms with Gasteiger partial charge in [0.05, 0.1) is 12.8 Å². The fraction of sp³-hybridized carbons (Fsp3) is 0.545. The second-order valence-corrected chi connectivity index (χ2v) is 4.73. The van der Waals surface area contributed by atoms with Crippen LogP contribution in [0, 0.1) is 5.41 Å². The van der Waals surface area contributed by atoms with Crippen LogP contribution in [-0.2, 0) is 6.54 Å². The second-order valence-electron chi connectivity index (χ2n) is 4.73. The first-order chi connectivity index (χ1) is 6.90. The first kappa shape index (κ1) is 11.8. The molecular weight excluding hydrogens is 194 g/mol. The van der Waals surface area contributed by atoms with Crippen LogP contribution in [0.1, 0.15) is 36.9 Å². The van der Waals surface area contributed by atoms with E-state index in [4.69, 9.17) is 9.52 Å². The van der Waals surface area contributed by atoms with Crippen molar-refractivity contribution in [2.45, 2.75) is 27.3 Å². The third-order valence-corrected chi connectivity index (χ3v) is 1.92. The molecule has 15 heavy (non-hydrogen) atoms. The molecule has 0 fully saturated rings. The Labute approximate surface area is 89.3 Å². The van der Waals surface area contributed by atoms with Crippen LogP contribution in [0.25, 0.3) is 0 Å². The minimum Gasteiger partial charge on any atom is -0.478 e. The molecule has 0 atom stereocenters. The number of aromatic carboxylic acids is 1. The van der Waals surface area contributed by atoms with E-state index in [1.54, 1.807) is 0 Å². The summed E-state index contributed by atoms with van der Waals surface area (Å²) < 4.78 is 5.10. The molecule has 0 amide bonds. The smallest absolute Gasteiger partial charge is 0.339 e. The van der Waals surface area contributed by atoms with Crippen LogP contribution in [0.5, 0.6) is 0 Å². The van der Waals surface area contributed by atoms with Crippen molar-refractivity contribution >= 4 is 5.97 Å². The fourth-order valence-corrected chi connectivity index (χ4v) is 1.22. The molecule has 0 aliphatic carbocycles. The zero-order chi connectivity index (χ0) is 11.5. The molecule has 1 aromatic heterocycles. The average molecular weight is 211 g/mol. The first-order valence-corrected chi connectivity index (χ1v) is 4.90. The van der Waals surface area contributed by atoms with Crippen molar-refractivity contribution in [3.8, 4) is 0 Å². The van der Waals surface area contributed by atoms with Gasteiger partial charge in [0.25, 0.3) is 0 Å². The molecule has 0 bridgehead atoms. The number of hydrogen-bond acceptors (Lipinski definition) is 3. The van der Waals surface area contributed by atoms with E-state index in [0.717, 1.165) is 6.54 Å². The molecule has 1 aromatic rings. The van der Waals surface area contributed by atoms with Gasteiger partial charge in [0, 0.05) is 6.54 Å². The van der Waals surface area contributed by atoms with Gasteiger partial charge in [0.2, 0.25) is 0 Å². The van der Waals surface area contributed by atoms with E-state index in [2.05, 4.69) is 26.1 Å². The van der Waals surface area contributed by atoms with E-state index in [9.17, 15) is 4.79 Å². The molecular formula is C11H17NO3. The predicted octanol–water partition coefficient (Wildman–Crippen LogP) is 2.11. The quantitative estimate of drug-likeness (QED) is 0.800. The van der Waals surface area contributed by atoms with Gasteiger partial charge in [-0.2, -0.15) is 0 Å². The Bertz CT molecular complexity index is 336. The zero-order valence-electron chi connectivity index (χ0n) is 9.33. The van der Waals surface area contributed by atoms with Gasteiger partial charge in [-0.3, -0.25) is 0 Å². The number of nitrogens with one attached hydrogen (secondary N) is 1. The number of furan rings is 1. The molecule has 4 heteroatoms. The molecule has 0 radical (unpaired) electrons. The Morgan fingerprint density at radius 2 is 2.20 bits per heavy atom. The van der Waals surface area contributed by atoms with Crippen molar-refractivity contribution in [2.75, 3.05) is 6.54 Å². The maximum atomic E-state index is 10.8. The minimum absolute atomic E-state index is 0.177. The number of carbonyl (C=O) groups is 1. The summed E-state index contributed by atoms with van der Waals surface area (Å²) in [5.74, 6) is -0.469. The largest absolute Gasteiger partial charge is 0.478 e. The van der Waals surface area contributed by atoms with Gasteiger partial charge in [-0.15, -0.1) is 0 Å². The third-order valence-electron chi connectivity index (χ3n) is 1.92. The highest BCUT2D eigenvalue weighted by atomic mass is 16.4. The van der Waals surface area contributed by atoms with Crippen molar-refractivity contribution in [2.24, 2.45) is 5.41 Å². The van der Waals surface area contributed by atoms with Gasteiger partial charge < -0.3 is 14.8 Å². The van der Waals surface area contributed by atoms with Crippen molar-refractivity contribution in [1.29, 1.82) is 0 Å². The molecule has 84 valence electrons. The third kappa shape index (κ3) is 3.75. The maximum absolute atomic E-state index is 10.8. The summed E-state index contributed by atoms with van der Waals surface area (Å²) in [5, 5.41) is 12.0. The second kappa shape index (κ2) is 4.49. The highest BCUT2D eigenvalue weighted by Gasteiger charge is 2.14. The van der Waals surface area contributed by atoms with Crippen LogP contribution >= 0.6 is 0 Å². The van der Waals surface area contributed by atoms with Gasteiger partial charge in [-0.25, -0.2) is 4.79 Å². The lowest BCUT2D eigenvalue weighted by Crippen LogP contribution is -2.26. The Kier molecular flexibility index (Phi) is 3.52. The summed E-state index contributed by atoms with van der Waals surface area (Å²) in [5.41, 5.74) is 0.409. The van der Waals surface area contributed by atoms with Crippen LogP contribution in [0.3, 0.4) is 0 Å². The monoisotopic (exact) mass is 211 g/mol. The van der Waals surface area contributed by atoms with Crippen molar-refractivity contribution in [3.63, 3.8) is 0 Å². The van der Waals surface area contributed by atoms with Crippen LogP contribution in [0.4, 0.5) is 0 Å². The van der Waals surface area contributed by atoms with E-state index in [0.29, 0.717) is 12.3 Å². The number of rotatable bonds is 4. The van der Waals surface area contributed by atoms with E-state index in [-0.39, 0.29) is 11.0 Å². The normalized spacial score (nSPS) is 11.7. The Morgan fingerprint density at radius 3 is 2.73 bits per heavy atom. The topological polar surface area (TPSA) is 62.5 Å². The van der Waals surface area contributed by atoms with Crippen molar-refractivity contribution < 1.29 is 14.3 Å². The van der Waals surface area contributed by atoms with E-state index >= 15 is 0 Å². The maximum Gasteiger partial charge on any atom is 0.339 e. The van der Waals surface area contributed by atoms with E-state index < -0.39 is 5.97 Å². The van der Waals surface area contributed by atoms with Crippen LogP contribution in [0.2, 0.25) is 0 Å². The molecule has 0 aliphatic heterocycles. The fourth-order valence-electron chi connectivity index (χ4n) is 1.22. The Balaban J connectivity index is 2.51. The number of carboxylic acids is 1. The van der Waals surface area contributed by atoms with Gasteiger partial charge in [0.1, 0.15) is 11.3 Å². The highest BCUT2D eigenvalue weighted by molar-refractivity contribution is 5.88. The molecule has 1 rings (SSSR count). The van der Waals surface area contributed by atoms with Crippen LogP contribution < -0.4 is 5.32 Å². The zero-order valence-corrected chi connectivity index (χ0v) is 9.33. The predicted molar refractivity (Wildman–Crippen MR) is 56.8 cm³/mol. The summed E-state index contributed by atoms with van der Waals surface area (Å²) in [7, 11) is 0. The molecule has 0 aliphatic rings. The molecule has 0 aromatic carbocycles. The van der Waals surface area contributed by atoms with Crippen LogP contribution in [0.15, 0.2) is 16.7 Å². The summed E-state index contributed by atoms with van der Waals surface area (Å²) in [6.45, 7) is 7.60. The van der Waals surface area contributed by atoms with E-state index in [1.165, 1.54) is 12.3 Å². The van der Waals surface area contributed by atoms with Crippen LogP contribution in [-0.4, -0.2) is 17.6 Å². The first-order valence-electron chi connectivity index (χ1n) is 4.90. The lowest BCUT2D eigenvalue weighted by Gasteiger charge is -2.18. The minimum atomic E-state index is -0.948. The number of hydrogen-bond donors (Lipinski definition) is 2. The summed E-state index contributed by atoms with van der Waals surface area (Å²) in [6.07, 6.45) is 1.40. The molecule has 1 heterocycles. The van der Waals surface area contributed by atoms with Crippen molar-refractivity contribution in [1.82, 2.24) is 5.32 Å². The summed E-state index contributed by atoms with van der Waals surface area (Å²) >= 11 is 0. The van der Waals surface area contributed by atoms with Crippen molar-refractivity contribution in [3.05, 3.63) is 23.7 Å². The SMILES string of the molecule is CC(C)(C)CNCc1occc1C(=O)O.